The molecule has 5 nitrogen and oxygen atoms in total. The molecule has 110 valence electrons. The number of benzene rings is 2. The number of hydrogen-bond donors (Lipinski definition) is 0. The van der Waals surface area contributed by atoms with E-state index in [0.717, 1.165) is 16.3 Å². The standard InChI is InChI=1S/C17H15N3O2/c1-11-18-16(22-19-11)13-9-20(10-13)17(21)15-8-4-6-12-5-2-3-7-14(12)15/h2-8,13H,9-10H2,1H3. The first-order valence-electron chi connectivity index (χ1n) is 7.29. The zero-order valence-corrected chi connectivity index (χ0v) is 12.2. The highest BCUT2D eigenvalue weighted by atomic mass is 16.5. The fourth-order valence-corrected chi connectivity index (χ4v) is 2.86. The largest absolute Gasteiger partial charge is 0.339 e. The van der Waals surface area contributed by atoms with Crippen molar-refractivity contribution < 1.29 is 9.32 Å². The molecule has 0 unspecified atom stereocenters. The average Bonchev–Trinajstić information content (AvgIpc) is 2.91. The Balaban J connectivity index is 1.56. The molecule has 0 aliphatic carbocycles. The quantitative estimate of drug-likeness (QED) is 0.729. The van der Waals surface area contributed by atoms with Crippen LogP contribution in [-0.2, 0) is 0 Å². The Hall–Kier alpha value is -2.69. The molecule has 1 aliphatic rings. The van der Waals surface area contributed by atoms with Crippen LogP contribution >= 0.6 is 0 Å². The van der Waals surface area contributed by atoms with Crippen molar-refractivity contribution in [2.45, 2.75) is 12.8 Å². The lowest BCUT2D eigenvalue weighted by Crippen LogP contribution is -2.48. The molecule has 1 amide bonds. The van der Waals surface area contributed by atoms with Crippen molar-refractivity contribution >= 4 is 16.7 Å². The van der Waals surface area contributed by atoms with E-state index in [2.05, 4.69) is 10.1 Å². The van der Waals surface area contributed by atoms with Crippen molar-refractivity contribution in [3.63, 3.8) is 0 Å². The molecule has 1 aromatic heterocycles. The third-order valence-corrected chi connectivity index (χ3v) is 4.08. The number of hydrogen-bond acceptors (Lipinski definition) is 4. The summed E-state index contributed by atoms with van der Waals surface area (Å²) in [5.74, 6) is 1.47. The Morgan fingerprint density at radius 3 is 2.73 bits per heavy atom. The molecule has 2 aromatic carbocycles. The minimum atomic E-state index is 0.0595. The summed E-state index contributed by atoms with van der Waals surface area (Å²) in [7, 11) is 0. The smallest absolute Gasteiger partial charge is 0.254 e. The van der Waals surface area contributed by atoms with Crippen LogP contribution in [0.1, 0.15) is 28.0 Å². The van der Waals surface area contributed by atoms with Gasteiger partial charge in [0.15, 0.2) is 5.82 Å². The second-order valence-corrected chi connectivity index (χ2v) is 5.61. The van der Waals surface area contributed by atoms with Crippen molar-refractivity contribution in [1.82, 2.24) is 15.0 Å². The normalized spacial score (nSPS) is 15.0. The summed E-state index contributed by atoms with van der Waals surface area (Å²) >= 11 is 0. The molecule has 1 fully saturated rings. The lowest BCUT2D eigenvalue weighted by atomic mass is 9.97. The number of aryl methyl sites for hydroxylation is 1. The molecular formula is C17H15N3O2. The maximum Gasteiger partial charge on any atom is 0.254 e. The maximum atomic E-state index is 12.7. The highest BCUT2D eigenvalue weighted by molar-refractivity contribution is 6.07. The summed E-state index contributed by atoms with van der Waals surface area (Å²) in [6.07, 6.45) is 0. The molecule has 0 saturated carbocycles. The van der Waals surface area contributed by atoms with Gasteiger partial charge in [-0.15, -0.1) is 0 Å². The molecule has 0 N–H and O–H groups in total. The number of amides is 1. The van der Waals surface area contributed by atoms with E-state index >= 15 is 0 Å². The maximum absolute atomic E-state index is 12.7. The van der Waals surface area contributed by atoms with E-state index in [1.807, 2.05) is 47.4 Å². The molecule has 22 heavy (non-hydrogen) atoms. The molecule has 4 rings (SSSR count). The van der Waals surface area contributed by atoms with Gasteiger partial charge in [-0.1, -0.05) is 41.6 Å². The Labute approximate surface area is 127 Å². The summed E-state index contributed by atoms with van der Waals surface area (Å²) in [5, 5.41) is 5.87. The summed E-state index contributed by atoms with van der Waals surface area (Å²) < 4.78 is 5.17. The third kappa shape index (κ3) is 2.06. The highest BCUT2D eigenvalue weighted by Gasteiger charge is 2.36. The lowest BCUT2D eigenvalue weighted by molar-refractivity contribution is 0.0571. The Kier molecular flexibility index (Phi) is 2.92. The zero-order valence-electron chi connectivity index (χ0n) is 12.2. The molecule has 1 saturated heterocycles. The van der Waals surface area contributed by atoms with Crippen LogP contribution in [0, 0.1) is 6.92 Å². The number of rotatable bonds is 2. The Morgan fingerprint density at radius 2 is 1.95 bits per heavy atom. The fraction of sp³-hybridized carbons (Fsp3) is 0.235. The minimum absolute atomic E-state index is 0.0595. The third-order valence-electron chi connectivity index (χ3n) is 4.08. The predicted octanol–water partition coefficient (Wildman–Crippen LogP) is 2.77. The Morgan fingerprint density at radius 1 is 1.18 bits per heavy atom. The van der Waals surface area contributed by atoms with E-state index < -0.39 is 0 Å². The second kappa shape index (κ2) is 4.94. The molecular weight excluding hydrogens is 278 g/mol. The fourth-order valence-electron chi connectivity index (χ4n) is 2.86. The van der Waals surface area contributed by atoms with Gasteiger partial charge in [0.25, 0.3) is 5.91 Å². The van der Waals surface area contributed by atoms with Gasteiger partial charge in [0.1, 0.15) is 0 Å². The number of nitrogens with zero attached hydrogens (tertiary/aromatic N) is 3. The number of likely N-dealkylation sites (tertiary alicyclic amines) is 1. The van der Waals surface area contributed by atoms with E-state index in [-0.39, 0.29) is 11.8 Å². The average molecular weight is 293 g/mol. The summed E-state index contributed by atoms with van der Waals surface area (Å²) in [5.41, 5.74) is 0.748. The lowest BCUT2D eigenvalue weighted by Gasteiger charge is -2.37. The minimum Gasteiger partial charge on any atom is -0.339 e. The zero-order chi connectivity index (χ0) is 15.1. The van der Waals surface area contributed by atoms with Crippen molar-refractivity contribution in [1.29, 1.82) is 0 Å². The number of carbonyl (C=O) groups excluding carboxylic acids is 1. The van der Waals surface area contributed by atoms with Gasteiger partial charge in [-0.2, -0.15) is 4.98 Å². The van der Waals surface area contributed by atoms with Gasteiger partial charge in [-0.3, -0.25) is 4.79 Å². The van der Waals surface area contributed by atoms with E-state index in [1.165, 1.54) is 0 Å². The van der Waals surface area contributed by atoms with Gasteiger partial charge >= 0.3 is 0 Å². The molecule has 0 spiro atoms. The van der Waals surface area contributed by atoms with Crippen LogP contribution in [0.4, 0.5) is 0 Å². The molecule has 3 aromatic rings. The predicted molar refractivity (Wildman–Crippen MR) is 81.6 cm³/mol. The van der Waals surface area contributed by atoms with Crippen molar-refractivity contribution in [2.75, 3.05) is 13.1 Å². The van der Waals surface area contributed by atoms with Crippen LogP contribution in [-0.4, -0.2) is 34.0 Å². The van der Waals surface area contributed by atoms with E-state index in [0.29, 0.717) is 24.8 Å². The van der Waals surface area contributed by atoms with Gasteiger partial charge in [0.2, 0.25) is 5.89 Å². The van der Waals surface area contributed by atoms with Gasteiger partial charge in [-0.05, 0) is 23.8 Å². The van der Waals surface area contributed by atoms with Crippen LogP contribution in [0.25, 0.3) is 10.8 Å². The van der Waals surface area contributed by atoms with Crippen LogP contribution < -0.4 is 0 Å². The van der Waals surface area contributed by atoms with Gasteiger partial charge in [0, 0.05) is 18.7 Å². The monoisotopic (exact) mass is 293 g/mol. The topological polar surface area (TPSA) is 59.2 Å². The van der Waals surface area contributed by atoms with Crippen LogP contribution in [0.5, 0.6) is 0 Å². The molecule has 0 atom stereocenters. The van der Waals surface area contributed by atoms with Gasteiger partial charge in [-0.25, -0.2) is 0 Å². The number of carbonyl (C=O) groups is 1. The summed E-state index contributed by atoms with van der Waals surface area (Å²) in [6, 6.07) is 13.8. The van der Waals surface area contributed by atoms with Gasteiger partial charge in [0.05, 0.1) is 5.92 Å². The van der Waals surface area contributed by atoms with Crippen molar-refractivity contribution in [3.8, 4) is 0 Å². The summed E-state index contributed by atoms with van der Waals surface area (Å²) in [4.78, 5) is 18.7. The van der Waals surface area contributed by atoms with Crippen LogP contribution in [0.2, 0.25) is 0 Å². The molecule has 5 heteroatoms. The Bertz CT molecular complexity index is 844. The van der Waals surface area contributed by atoms with Gasteiger partial charge < -0.3 is 9.42 Å². The molecule has 2 heterocycles. The van der Waals surface area contributed by atoms with Crippen molar-refractivity contribution in [3.05, 3.63) is 59.7 Å². The molecule has 1 aliphatic heterocycles. The molecule has 0 bridgehead atoms. The second-order valence-electron chi connectivity index (χ2n) is 5.61. The highest BCUT2D eigenvalue weighted by Crippen LogP contribution is 2.29. The van der Waals surface area contributed by atoms with Crippen LogP contribution in [0.3, 0.4) is 0 Å². The first kappa shape index (κ1) is 13.0. The SMILES string of the molecule is Cc1noc(C2CN(C(=O)c3cccc4ccccc34)C2)n1. The number of aromatic nitrogens is 2. The first-order valence-corrected chi connectivity index (χ1v) is 7.29. The molecule has 0 radical (unpaired) electrons. The van der Waals surface area contributed by atoms with Crippen molar-refractivity contribution in [2.24, 2.45) is 0 Å². The van der Waals surface area contributed by atoms with E-state index in [9.17, 15) is 4.79 Å². The summed E-state index contributed by atoms with van der Waals surface area (Å²) in [6.45, 7) is 3.05. The van der Waals surface area contributed by atoms with Crippen LogP contribution in [0.15, 0.2) is 47.0 Å². The first-order chi connectivity index (χ1) is 10.7. The van der Waals surface area contributed by atoms with E-state index in [4.69, 9.17) is 4.52 Å². The van der Waals surface area contributed by atoms with E-state index in [1.54, 1.807) is 6.92 Å². The number of fused-ring (bicyclic) bond motifs is 1.